The second-order valence-electron chi connectivity index (χ2n) is 8.02. The zero-order chi connectivity index (χ0) is 22.2. The van der Waals surface area contributed by atoms with Crippen LogP contribution in [0.4, 0.5) is 4.39 Å². The number of hydrogen-bond acceptors (Lipinski definition) is 6. The fourth-order valence-corrected chi connectivity index (χ4v) is 5.26. The summed E-state index contributed by atoms with van der Waals surface area (Å²) in [4.78, 5) is 4.96. The second-order valence-corrected chi connectivity index (χ2v) is 9.09. The minimum atomic E-state index is -0.395. The molecule has 1 N–H and O–H groups in total. The van der Waals surface area contributed by atoms with Crippen molar-refractivity contribution in [2.75, 3.05) is 0 Å². The molecule has 1 aliphatic carbocycles. The van der Waals surface area contributed by atoms with Crippen LogP contribution in [0.15, 0.2) is 52.9 Å². The summed E-state index contributed by atoms with van der Waals surface area (Å²) in [6, 6.07) is 7.47. The summed E-state index contributed by atoms with van der Waals surface area (Å²) in [5, 5.41) is 29.0. The first kappa shape index (κ1) is 20.7. The van der Waals surface area contributed by atoms with E-state index in [1.54, 1.807) is 16.8 Å². The summed E-state index contributed by atoms with van der Waals surface area (Å²) in [6.07, 6.45) is 9.68. The van der Waals surface area contributed by atoms with E-state index >= 15 is 0 Å². The molecule has 1 aliphatic rings. The van der Waals surface area contributed by atoms with Gasteiger partial charge < -0.3 is 5.11 Å². The molecule has 0 bridgehead atoms. The molecule has 0 aliphatic heterocycles. The summed E-state index contributed by atoms with van der Waals surface area (Å²) in [6.45, 7) is 2.05. The van der Waals surface area contributed by atoms with Crippen LogP contribution in [-0.2, 0) is 0 Å². The van der Waals surface area contributed by atoms with Gasteiger partial charge in [0.25, 0.3) is 0 Å². The highest BCUT2D eigenvalue weighted by Gasteiger charge is 2.24. The van der Waals surface area contributed by atoms with Gasteiger partial charge in [-0.15, -0.1) is 0 Å². The molecule has 5 rings (SSSR count). The predicted molar refractivity (Wildman–Crippen MR) is 118 cm³/mol. The Bertz CT molecular complexity index is 1320. The van der Waals surface area contributed by atoms with Crippen molar-refractivity contribution in [3.63, 3.8) is 0 Å². The topological polar surface area (TPSA) is 92.0 Å². The lowest BCUT2D eigenvalue weighted by Gasteiger charge is -2.26. The van der Waals surface area contributed by atoms with Gasteiger partial charge in [-0.25, -0.2) is 13.9 Å². The fourth-order valence-electron chi connectivity index (χ4n) is 4.30. The van der Waals surface area contributed by atoms with Gasteiger partial charge in [-0.3, -0.25) is 4.68 Å². The lowest BCUT2D eigenvalue weighted by molar-refractivity contribution is 0.107. The maximum Gasteiger partial charge on any atom is 0.141 e. The lowest BCUT2D eigenvalue weighted by atomic mass is 9.93. The molecule has 0 aromatic carbocycles. The van der Waals surface area contributed by atoms with Gasteiger partial charge in [-0.05, 0) is 50.8 Å². The van der Waals surface area contributed by atoms with Crippen LogP contribution in [0.1, 0.15) is 43.0 Å². The van der Waals surface area contributed by atoms with Crippen molar-refractivity contribution in [1.29, 1.82) is 5.26 Å². The van der Waals surface area contributed by atoms with Crippen LogP contribution in [0.3, 0.4) is 0 Å². The highest BCUT2D eigenvalue weighted by atomic mass is 32.2. The normalized spacial score (nSPS) is 18.7. The van der Waals surface area contributed by atoms with Crippen molar-refractivity contribution < 1.29 is 9.50 Å². The number of fused-ring (bicyclic) bond motifs is 1. The molecule has 1 fully saturated rings. The SMILES string of the molecule is Cc1c(-c2cc(Sc3ccc(F)cn3)c3c(C#N)cnn3c2)cnn1[C@H]1CC[C@@H](O)CC1. The Kier molecular flexibility index (Phi) is 5.41. The molecule has 4 heterocycles. The molecule has 0 amide bonds. The number of aromatic nitrogens is 5. The van der Waals surface area contributed by atoms with E-state index in [0.717, 1.165) is 47.4 Å². The van der Waals surface area contributed by atoms with Crippen molar-refractivity contribution in [3.8, 4) is 17.2 Å². The molecule has 0 saturated heterocycles. The maximum absolute atomic E-state index is 13.3. The summed E-state index contributed by atoms with van der Waals surface area (Å²) >= 11 is 1.37. The molecule has 0 unspecified atom stereocenters. The van der Waals surface area contributed by atoms with Crippen LogP contribution in [0.2, 0.25) is 0 Å². The summed E-state index contributed by atoms with van der Waals surface area (Å²) in [5.41, 5.74) is 4.12. The Morgan fingerprint density at radius 1 is 1.16 bits per heavy atom. The third-order valence-electron chi connectivity index (χ3n) is 5.98. The largest absolute Gasteiger partial charge is 0.393 e. The van der Waals surface area contributed by atoms with Crippen molar-refractivity contribution in [2.24, 2.45) is 0 Å². The van der Waals surface area contributed by atoms with Gasteiger partial charge in [-0.2, -0.15) is 15.5 Å². The number of aliphatic hydroxyl groups excluding tert-OH is 1. The lowest BCUT2D eigenvalue weighted by Crippen LogP contribution is -2.22. The van der Waals surface area contributed by atoms with Crippen LogP contribution < -0.4 is 0 Å². The van der Waals surface area contributed by atoms with Crippen LogP contribution in [0.25, 0.3) is 16.6 Å². The predicted octanol–water partition coefficient (Wildman–Crippen LogP) is 4.54. The molecule has 0 atom stereocenters. The molecule has 0 spiro atoms. The summed E-state index contributed by atoms with van der Waals surface area (Å²) in [5.74, 6) is -0.395. The third kappa shape index (κ3) is 3.76. The number of hydrogen-bond donors (Lipinski definition) is 1. The number of aliphatic hydroxyl groups is 1. The van der Waals surface area contributed by atoms with Crippen molar-refractivity contribution in [2.45, 2.75) is 54.7 Å². The Morgan fingerprint density at radius 3 is 2.69 bits per heavy atom. The Hall–Kier alpha value is -3.22. The van der Waals surface area contributed by atoms with Crippen LogP contribution in [-0.4, -0.2) is 35.6 Å². The van der Waals surface area contributed by atoms with E-state index in [4.69, 9.17) is 0 Å². The third-order valence-corrected chi connectivity index (χ3v) is 6.96. The Balaban J connectivity index is 1.57. The number of nitrogens with zero attached hydrogens (tertiary/aromatic N) is 6. The second kappa shape index (κ2) is 8.37. The van der Waals surface area contributed by atoms with E-state index in [2.05, 4.69) is 32.9 Å². The average Bonchev–Trinajstić information content (AvgIpc) is 3.39. The van der Waals surface area contributed by atoms with Gasteiger partial charge in [-0.1, -0.05) is 11.8 Å². The molecule has 32 heavy (non-hydrogen) atoms. The molecule has 4 aromatic heterocycles. The fraction of sp³-hybridized carbons (Fsp3) is 0.304. The van der Waals surface area contributed by atoms with Crippen molar-refractivity contribution in [1.82, 2.24) is 24.4 Å². The van der Waals surface area contributed by atoms with E-state index in [9.17, 15) is 14.8 Å². The molecular formula is C23H21FN6OS. The zero-order valence-electron chi connectivity index (χ0n) is 17.4. The van der Waals surface area contributed by atoms with E-state index in [0.29, 0.717) is 16.1 Å². The first-order valence-corrected chi connectivity index (χ1v) is 11.3. The molecule has 1 saturated carbocycles. The van der Waals surface area contributed by atoms with Crippen molar-refractivity contribution >= 4 is 17.3 Å². The Labute approximate surface area is 188 Å². The Morgan fingerprint density at radius 2 is 1.97 bits per heavy atom. The monoisotopic (exact) mass is 448 g/mol. The van der Waals surface area contributed by atoms with Crippen LogP contribution in [0, 0.1) is 24.1 Å². The molecular weight excluding hydrogens is 427 g/mol. The van der Waals surface area contributed by atoms with E-state index < -0.39 is 5.82 Å². The number of halogens is 1. The van der Waals surface area contributed by atoms with Crippen molar-refractivity contribution in [3.05, 3.63) is 60.1 Å². The molecule has 4 aromatic rings. The summed E-state index contributed by atoms with van der Waals surface area (Å²) < 4.78 is 17.1. The molecule has 7 nitrogen and oxygen atoms in total. The van der Waals surface area contributed by atoms with E-state index in [1.807, 2.05) is 18.5 Å². The van der Waals surface area contributed by atoms with Gasteiger partial charge in [0.05, 0.1) is 41.8 Å². The number of rotatable bonds is 4. The number of pyridine rings is 2. The standard InChI is InChI=1S/C23H21FN6OS/c1-14-20(12-28-30(14)18-3-5-19(31)6-4-18)15-8-21(32-22-7-2-17(24)11-26-22)23-16(9-25)10-27-29(23)13-15/h2,7-8,10-13,18-19,31H,3-6H2,1H3/t18-,19+. The minimum absolute atomic E-state index is 0.210. The van der Waals surface area contributed by atoms with Crippen LogP contribution in [0.5, 0.6) is 0 Å². The minimum Gasteiger partial charge on any atom is -0.393 e. The van der Waals surface area contributed by atoms with Gasteiger partial charge >= 0.3 is 0 Å². The zero-order valence-corrected chi connectivity index (χ0v) is 18.3. The highest BCUT2D eigenvalue weighted by Crippen LogP contribution is 2.37. The van der Waals surface area contributed by atoms with E-state index in [-0.39, 0.29) is 12.1 Å². The van der Waals surface area contributed by atoms with Gasteiger partial charge in [0, 0.05) is 27.9 Å². The van der Waals surface area contributed by atoms with Gasteiger partial charge in [0.1, 0.15) is 16.9 Å². The molecule has 9 heteroatoms. The first-order valence-electron chi connectivity index (χ1n) is 10.5. The number of nitriles is 1. The van der Waals surface area contributed by atoms with Gasteiger partial charge in [0.2, 0.25) is 0 Å². The smallest absolute Gasteiger partial charge is 0.141 e. The highest BCUT2D eigenvalue weighted by molar-refractivity contribution is 7.99. The molecule has 0 radical (unpaired) electrons. The maximum atomic E-state index is 13.3. The molecule has 162 valence electrons. The van der Waals surface area contributed by atoms with E-state index in [1.165, 1.54) is 24.0 Å². The average molecular weight is 449 g/mol. The first-order chi connectivity index (χ1) is 15.5. The van der Waals surface area contributed by atoms with Crippen LogP contribution >= 0.6 is 11.8 Å². The quantitative estimate of drug-likeness (QED) is 0.493. The summed E-state index contributed by atoms with van der Waals surface area (Å²) in [7, 11) is 0. The van der Waals surface area contributed by atoms with Gasteiger partial charge in [0.15, 0.2) is 0 Å².